The summed E-state index contributed by atoms with van der Waals surface area (Å²) in [6.45, 7) is 6.19. The highest BCUT2D eigenvalue weighted by Gasteiger charge is 2.59. The summed E-state index contributed by atoms with van der Waals surface area (Å²) in [5, 5.41) is 35.3. The first-order valence-electron chi connectivity index (χ1n) is 11.6. The molecule has 8 atom stereocenters. The van der Waals surface area contributed by atoms with E-state index in [-0.39, 0.29) is 35.5 Å². The van der Waals surface area contributed by atoms with Gasteiger partial charge in [0.05, 0.1) is 0 Å². The van der Waals surface area contributed by atoms with Crippen molar-refractivity contribution in [2.45, 2.75) is 85.0 Å². The highest BCUT2D eigenvalue weighted by Crippen LogP contribution is 2.65. The fraction of sp³-hybridized carbons (Fsp3) is 0.875. The zero-order valence-corrected chi connectivity index (χ0v) is 18.5. The Balaban J connectivity index is 1.88. The van der Waals surface area contributed by atoms with Gasteiger partial charge in [-0.3, -0.25) is 0 Å². The number of aliphatic carboxylic acids is 3. The van der Waals surface area contributed by atoms with E-state index in [9.17, 15) is 29.7 Å². The molecule has 6 nitrogen and oxygen atoms in total. The van der Waals surface area contributed by atoms with Crippen LogP contribution in [0.5, 0.6) is 0 Å². The van der Waals surface area contributed by atoms with Crippen molar-refractivity contribution in [3.63, 3.8) is 0 Å². The molecule has 6 heteroatoms. The van der Waals surface area contributed by atoms with Gasteiger partial charge in [-0.25, -0.2) is 0 Å². The monoisotopic (exact) mass is 419 g/mol. The minimum Gasteiger partial charge on any atom is -0.550 e. The van der Waals surface area contributed by atoms with Crippen molar-refractivity contribution in [3.05, 3.63) is 0 Å². The highest BCUT2D eigenvalue weighted by atomic mass is 16.4. The molecule has 3 saturated carbocycles. The SMILES string of the molecule is C[C@@H](CCC(=O)[O-])[C@H]1CC[C@@H]2[C@@H](C(=O)[O-])[C@@H]([C@@]3(C)CCCC[C@H]3C(=O)[O-])CC[C@@]21C. The fourth-order valence-corrected chi connectivity index (χ4v) is 7.92. The van der Waals surface area contributed by atoms with Crippen LogP contribution in [0.15, 0.2) is 0 Å². The first-order valence-corrected chi connectivity index (χ1v) is 11.6. The summed E-state index contributed by atoms with van der Waals surface area (Å²) in [5.74, 6) is -4.26. The van der Waals surface area contributed by atoms with E-state index in [2.05, 4.69) is 13.8 Å². The molecule has 0 aromatic rings. The van der Waals surface area contributed by atoms with Crippen LogP contribution in [0, 0.1) is 46.3 Å². The Labute approximate surface area is 179 Å². The Morgan fingerprint density at radius 1 is 0.867 bits per heavy atom. The van der Waals surface area contributed by atoms with Gasteiger partial charge in [-0.05, 0) is 85.9 Å². The average molecular weight is 420 g/mol. The van der Waals surface area contributed by atoms with Crippen molar-refractivity contribution in [2.24, 2.45) is 46.3 Å². The van der Waals surface area contributed by atoms with Gasteiger partial charge < -0.3 is 29.7 Å². The molecule has 0 saturated heterocycles. The summed E-state index contributed by atoms with van der Waals surface area (Å²) in [7, 11) is 0. The van der Waals surface area contributed by atoms with E-state index < -0.39 is 35.2 Å². The van der Waals surface area contributed by atoms with Gasteiger partial charge in [-0.2, -0.15) is 0 Å². The van der Waals surface area contributed by atoms with Crippen LogP contribution in [0.2, 0.25) is 0 Å². The van der Waals surface area contributed by atoms with E-state index >= 15 is 0 Å². The quantitative estimate of drug-likeness (QED) is 0.605. The van der Waals surface area contributed by atoms with Crippen LogP contribution < -0.4 is 15.3 Å². The van der Waals surface area contributed by atoms with Crippen LogP contribution in [0.3, 0.4) is 0 Å². The molecule has 0 aliphatic heterocycles. The van der Waals surface area contributed by atoms with Crippen molar-refractivity contribution in [1.82, 2.24) is 0 Å². The maximum absolute atomic E-state index is 12.4. The van der Waals surface area contributed by atoms with E-state index in [4.69, 9.17) is 0 Å². The molecule has 3 aliphatic carbocycles. The zero-order valence-electron chi connectivity index (χ0n) is 18.5. The van der Waals surface area contributed by atoms with Crippen LogP contribution >= 0.6 is 0 Å². The molecular weight excluding hydrogens is 384 g/mol. The predicted molar refractivity (Wildman–Crippen MR) is 104 cm³/mol. The molecule has 0 spiro atoms. The second-order valence-corrected chi connectivity index (χ2v) is 10.8. The van der Waals surface area contributed by atoms with E-state index in [1.54, 1.807) is 0 Å². The normalized spacial score (nSPS) is 42.3. The van der Waals surface area contributed by atoms with Gasteiger partial charge in [0.25, 0.3) is 0 Å². The molecule has 0 heterocycles. The third kappa shape index (κ3) is 3.87. The first-order chi connectivity index (χ1) is 14.0. The number of carbonyl (C=O) groups is 3. The topological polar surface area (TPSA) is 120 Å². The van der Waals surface area contributed by atoms with E-state index in [1.165, 1.54) is 0 Å². The predicted octanol–water partition coefficient (Wildman–Crippen LogP) is 0.908. The maximum atomic E-state index is 12.4. The van der Waals surface area contributed by atoms with E-state index in [1.807, 2.05) is 6.92 Å². The zero-order chi connectivity index (χ0) is 22.3. The van der Waals surface area contributed by atoms with E-state index in [0.717, 1.165) is 38.5 Å². The number of hydrogen-bond acceptors (Lipinski definition) is 6. The summed E-state index contributed by atoms with van der Waals surface area (Å²) >= 11 is 0. The van der Waals surface area contributed by atoms with Crippen molar-refractivity contribution < 1.29 is 29.7 Å². The van der Waals surface area contributed by atoms with Crippen molar-refractivity contribution in [3.8, 4) is 0 Å². The Morgan fingerprint density at radius 3 is 2.13 bits per heavy atom. The van der Waals surface area contributed by atoms with E-state index in [0.29, 0.717) is 19.3 Å². The van der Waals surface area contributed by atoms with Gasteiger partial charge in [0.15, 0.2) is 0 Å². The van der Waals surface area contributed by atoms with Crippen molar-refractivity contribution in [1.29, 1.82) is 0 Å². The van der Waals surface area contributed by atoms with Crippen molar-refractivity contribution in [2.75, 3.05) is 0 Å². The second kappa shape index (κ2) is 8.51. The van der Waals surface area contributed by atoms with Gasteiger partial charge in [-0.1, -0.05) is 33.6 Å². The van der Waals surface area contributed by atoms with Gasteiger partial charge in [0, 0.05) is 29.7 Å². The molecule has 3 fully saturated rings. The molecule has 30 heavy (non-hydrogen) atoms. The number of fused-ring (bicyclic) bond motifs is 1. The summed E-state index contributed by atoms with van der Waals surface area (Å²) in [6.07, 6.45) is 6.78. The van der Waals surface area contributed by atoms with Gasteiger partial charge in [-0.15, -0.1) is 0 Å². The molecule has 0 aromatic heterocycles. The molecule has 0 amide bonds. The standard InChI is InChI=1S/C24H38O6/c1-14(7-10-19(25)26)15-8-9-16-20(22(29)30)17(11-13-24(15,16)3)23(2)12-5-4-6-18(23)21(27)28/h14-18,20H,4-13H2,1-3H3,(H,25,26)(H,27,28)(H,29,30)/p-3/t14-,15+,16+,17-,18-,20+,23+,24+/m0/s1. The minimum absolute atomic E-state index is 0.0241. The molecule has 3 rings (SSSR count). The lowest BCUT2D eigenvalue weighted by Gasteiger charge is -2.57. The van der Waals surface area contributed by atoms with Crippen LogP contribution in [0.4, 0.5) is 0 Å². The van der Waals surface area contributed by atoms with Crippen molar-refractivity contribution >= 4 is 17.9 Å². The average Bonchev–Trinajstić information content (AvgIpc) is 3.02. The second-order valence-electron chi connectivity index (χ2n) is 10.8. The molecule has 0 radical (unpaired) electrons. The number of hydrogen-bond donors (Lipinski definition) is 0. The lowest BCUT2D eigenvalue weighted by atomic mass is 9.48. The Hall–Kier alpha value is -1.59. The molecule has 0 bridgehead atoms. The van der Waals surface area contributed by atoms with Crippen LogP contribution in [-0.4, -0.2) is 17.9 Å². The summed E-state index contributed by atoms with van der Waals surface area (Å²) in [6, 6.07) is 0. The summed E-state index contributed by atoms with van der Waals surface area (Å²) < 4.78 is 0. The Morgan fingerprint density at radius 2 is 1.53 bits per heavy atom. The summed E-state index contributed by atoms with van der Waals surface area (Å²) in [4.78, 5) is 35.3. The number of carboxylic acid groups (broad SMARTS) is 3. The third-order valence-corrected chi connectivity index (χ3v) is 9.49. The molecule has 0 aromatic carbocycles. The molecule has 3 aliphatic rings. The number of carboxylic acids is 3. The fourth-order valence-electron chi connectivity index (χ4n) is 7.92. The lowest BCUT2D eigenvalue weighted by molar-refractivity contribution is -0.327. The summed E-state index contributed by atoms with van der Waals surface area (Å²) in [5.41, 5.74) is -0.767. The Kier molecular flexibility index (Phi) is 6.54. The number of rotatable bonds is 7. The van der Waals surface area contributed by atoms with Crippen LogP contribution in [0.1, 0.15) is 85.0 Å². The number of carbonyl (C=O) groups excluding carboxylic acids is 3. The largest absolute Gasteiger partial charge is 0.550 e. The third-order valence-electron chi connectivity index (χ3n) is 9.49. The van der Waals surface area contributed by atoms with Gasteiger partial charge >= 0.3 is 0 Å². The van der Waals surface area contributed by atoms with Crippen LogP contribution in [-0.2, 0) is 14.4 Å². The molecule has 0 unspecified atom stereocenters. The minimum atomic E-state index is -1.05. The first kappa shape index (κ1) is 23.1. The van der Waals surface area contributed by atoms with Crippen LogP contribution in [0.25, 0.3) is 0 Å². The smallest absolute Gasteiger partial charge is 0.0451 e. The molecular formula is C24H35O6-3. The lowest BCUT2D eigenvalue weighted by Crippen LogP contribution is -2.57. The molecule has 170 valence electrons. The Bertz CT molecular complexity index is 689. The van der Waals surface area contributed by atoms with Gasteiger partial charge in [0.1, 0.15) is 0 Å². The molecule has 0 N–H and O–H groups in total. The maximum Gasteiger partial charge on any atom is 0.0451 e. The van der Waals surface area contributed by atoms with Gasteiger partial charge in [0.2, 0.25) is 0 Å². The highest BCUT2D eigenvalue weighted by molar-refractivity contribution is 5.71.